The summed E-state index contributed by atoms with van der Waals surface area (Å²) in [6, 6.07) is 9.34. The fraction of sp³-hybridized carbons (Fsp3) is 0.167. The Kier molecular flexibility index (Phi) is 3.51. The number of anilines is 1. The van der Waals surface area contributed by atoms with Crippen molar-refractivity contribution < 1.29 is 4.79 Å². The van der Waals surface area contributed by atoms with Gasteiger partial charge in [0.05, 0.1) is 5.69 Å². The molecule has 1 aromatic carbocycles. The Bertz CT molecular complexity index is 522. The van der Waals surface area contributed by atoms with Gasteiger partial charge in [-0.05, 0) is 19.1 Å². The maximum absolute atomic E-state index is 12.0. The minimum Gasteiger partial charge on any atom is -0.325 e. The van der Waals surface area contributed by atoms with Crippen LogP contribution in [0.1, 0.15) is 20.4 Å². The first kappa shape index (κ1) is 11.8. The number of amides is 1. The number of thiazole rings is 1. The van der Waals surface area contributed by atoms with Crippen molar-refractivity contribution in [3.8, 4) is 0 Å². The average molecular weight is 247 g/mol. The van der Waals surface area contributed by atoms with E-state index in [2.05, 4.69) is 10.3 Å². The van der Waals surface area contributed by atoms with Gasteiger partial charge < -0.3 is 11.1 Å². The Hall–Kier alpha value is -1.72. The van der Waals surface area contributed by atoms with E-state index < -0.39 is 0 Å². The topological polar surface area (TPSA) is 68.0 Å². The predicted octanol–water partition coefficient (Wildman–Crippen LogP) is 2.16. The number of nitrogens with one attached hydrogen (secondary N) is 1. The normalized spacial score (nSPS) is 10.2. The van der Waals surface area contributed by atoms with Gasteiger partial charge >= 0.3 is 0 Å². The third-order valence-electron chi connectivity index (χ3n) is 2.25. The molecular weight excluding hydrogens is 234 g/mol. The summed E-state index contributed by atoms with van der Waals surface area (Å²) in [7, 11) is 0. The molecule has 1 amide bonds. The van der Waals surface area contributed by atoms with Crippen molar-refractivity contribution in [1.82, 2.24) is 4.98 Å². The second-order valence-corrected chi connectivity index (χ2v) is 4.63. The van der Waals surface area contributed by atoms with E-state index in [9.17, 15) is 4.79 Å². The number of para-hydroxylation sites is 1. The molecule has 0 aliphatic carbocycles. The molecule has 1 heterocycles. The Morgan fingerprint density at radius 3 is 2.71 bits per heavy atom. The maximum Gasteiger partial charge on any atom is 0.267 e. The fourth-order valence-corrected chi connectivity index (χ4v) is 2.30. The molecule has 0 unspecified atom stereocenters. The van der Waals surface area contributed by atoms with Gasteiger partial charge in [0.2, 0.25) is 0 Å². The number of hydrogen-bond acceptors (Lipinski definition) is 4. The minimum atomic E-state index is -0.133. The molecule has 2 rings (SSSR count). The summed E-state index contributed by atoms with van der Waals surface area (Å²) in [5.74, 6) is -0.133. The van der Waals surface area contributed by atoms with Crippen LogP contribution in [-0.4, -0.2) is 10.9 Å². The van der Waals surface area contributed by atoms with Crippen molar-refractivity contribution in [2.45, 2.75) is 13.5 Å². The third-order valence-corrected chi connectivity index (χ3v) is 3.43. The van der Waals surface area contributed by atoms with E-state index in [0.717, 1.165) is 16.4 Å². The van der Waals surface area contributed by atoms with Gasteiger partial charge in [-0.15, -0.1) is 11.3 Å². The highest BCUT2D eigenvalue weighted by molar-refractivity contribution is 7.13. The van der Waals surface area contributed by atoms with Crippen LogP contribution in [0.25, 0.3) is 0 Å². The maximum atomic E-state index is 12.0. The molecule has 0 fully saturated rings. The van der Waals surface area contributed by atoms with Gasteiger partial charge in [0.1, 0.15) is 9.88 Å². The van der Waals surface area contributed by atoms with Gasteiger partial charge in [0.15, 0.2) is 0 Å². The Morgan fingerprint density at radius 2 is 2.12 bits per heavy atom. The first-order valence-corrected chi connectivity index (χ1v) is 6.05. The number of carbonyl (C=O) groups excluding carboxylic acids is 1. The summed E-state index contributed by atoms with van der Waals surface area (Å²) in [5.41, 5.74) is 7.00. The lowest BCUT2D eigenvalue weighted by atomic mass is 10.3. The van der Waals surface area contributed by atoms with Crippen molar-refractivity contribution in [2.24, 2.45) is 5.73 Å². The number of carbonyl (C=O) groups is 1. The molecule has 0 bridgehead atoms. The highest BCUT2D eigenvalue weighted by Crippen LogP contribution is 2.19. The Balaban J connectivity index is 2.17. The number of nitrogens with two attached hydrogens (primary N) is 1. The van der Waals surface area contributed by atoms with Gasteiger partial charge in [0, 0.05) is 12.2 Å². The quantitative estimate of drug-likeness (QED) is 0.873. The van der Waals surface area contributed by atoms with Crippen LogP contribution < -0.4 is 11.1 Å². The highest BCUT2D eigenvalue weighted by Gasteiger charge is 2.14. The molecule has 0 saturated carbocycles. The van der Waals surface area contributed by atoms with Gasteiger partial charge in [-0.1, -0.05) is 18.2 Å². The summed E-state index contributed by atoms with van der Waals surface area (Å²) in [4.78, 5) is 16.8. The first-order valence-electron chi connectivity index (χ1n) is 5.23. The lowest BCUT2D eigenvalue weighted by molar-refractivity contribution is 0.103. The molecule has 88 valence electrons. The smallest absolute Gasteiger partial charge is 0.267 e. The van der Waals surface area contributed by atoms with Crippen LogP contribution in [0.2, 0.25) is 0 Å². The molecule has 0 aliphatic heterocycles. The van der Waals surface area contributed by atoms with Gasteiger partial charge in [-0.25, -0.2) is 4.98 Å². The van der Waals surface area contributed by atoms with Crippen molar-refractivity contribution in [2.75, 3.05) is 5.32 Å². The first-order chi connectivity index (χ1) is 8.20. The molecule has 0 radical (unpaired) electrons. The second-order valence-electron chi connectivity index (χ2n) is 3.55. The number of hydrogen-bond donors (Lipinski definition) is 2. The van der Waals surface area contributed by atoms with Crippen LogP contribution in [-0.2, 0) is 6.54 Å². The molecule has 1 aromatic heterocycles. The highest BCUT2D eigenvalue weighted by atomic mass is 32.1. The van der Waals surface area contributed by atoms with Crippen molar-refractivity contribution in [1.29, 1.82) is 0 Å². The summed E-state index contributed by atoms with van der Waals surface area (Å²) in [5, 5.41) is 3.61. The van der Waals surface area contributed by atoms with Crippen molar-refractivity contribution >= 4 is 22.9 Å². The van der Waals surface area contributed by atoms with Crippen molar-refractivity contribution in [3.05, 3.63) is 45.9 Å². The number of aromatic nitrogens is 1. The van der Waals surface area contributed by atoms with Crippen molar-refractivity contribution in [3.63, 3.8) is 0 Å². The molecule has 17 heavy (non-hydrogen) atoms. The van der Waals surface area contributed by atoms with Crippen LogP contribution in [0.3, 0.4) is 0 Å². The molecule has 0 spiro atoms. The number of nitrogens with zero attached hydrogens (tertiary/aromatic N) is 1. The number of benzene rings is 1. The molecule has 3 N–H and O–H groups in total. The molecule has 0 saturated heterocycles. The molecule has 0 aliphatic rings. The lowest BCUT2D eigenvalue weighted by Crippen LogP contribution is -2.11. The average Bonchev–Trinajstić information content (AvgIpc) is 2.72. The van der Waals surface area contributed by atoms with Gasteiger partial charge in [-0.2, -0.15) is 0 Å². The molecule has 0 atom stereocenters. The van der Waals surface area contributed by atoms with E-state index >= 15 is 0 Å². The van der Waals surface area contributed by atoms with E-state index in [1.807, 2.05) is 37.3 Å². The van der Waals surface area contributed by atoms with Crippen LogP contribution in [0, 0.1) is 6.92 Å². The van der Waals surface area contributed by atoms with Crippen LogP contribution >= 0.6 is 11.3 Å². The van der Waals surface area contributed by atoms with Gasteiger partial charge in [0.25, 0.3) is 5.91 Å². The predicted molar refractivity (Wildman–Crippen MR) is 69.1 cm³/mol. The number of aryl methyl sites for hydroxylation is 1. The Labute approximate surface area is 103 Å². The van der Waals surface area contributed by atoms with E-state index in [1.165, 1.54) is 11.3 Å². The molecular formula is C12H13N3OS. The van der Waals surface area contributed by atoms with Gasteiger partial charge in [-0.3, -0.25) is 4.79 Å². The zero-order chi connectivity index (χ0) is 12.3. The summed E-state index contributed by atoms with van der Waals surface area (Å²) in [6.07, 6.45) is 0. The summed E-state index contributed by atoms with van der Waals surface area (Å²) < 4.78 is 0. The van der Waals surface area contributed by atoms with Crippen LogP contribution in [0.15, 0.2) is 30.3 Å². The summed E-state index contributed by atoms with van der Waals surface area (Å²) in [6.45, 7) is 2.18. The third kappa shape index (κ3) is 2.69. The van der Waals surface area contributed by atoms with E-state index in [1.54, 1.807) is 0 Å². The molecule has 5 heteroatoms. The zero-order valence-electron chi connectivity index (χ0n) is 9.43. The fourth-order valence-electron chi connectivity index (χ4n) is 1.46. The minimum absolute atomic E-state index is 0.133. The molecule has 2 aromatic rings. The van der Waals surface area contributed by atoms with E-state index in [4.69, 9.17) is 5.73 Å². The number of rotatable bonds is 3. The zero-order valence-corrected chi connectivity index (χ0v) is 10.3. The largest absolute Gasteiger partial charge is 0.325 e. The standard InChI is InChI=1S/C12H13N3OS/c1-8-11(17-10(7-13)14-8)12(16)15-9-5-3-2-4-6-9/h2-6H,7,13H2,1H3,(H,15,16). The lowest BCUT2D eigenvalue weighted by Gasteiger charge is -2.02. The van der Waals surface area contributed by atoms with Crippen LogP contribution in [0.5, 0.6) is 0 Å². The van der Waals surface area contributed by atoms with E-state index in [-0.39, 0.29) is 5.91 Å². The summed E-state index contributed by atoms with van der Waals surface area (Å²) >= 11 is 1.34. The monoisotopic (exact) mass is 247 g/mol. The molecule has 4 nitrogen and oxygen atoms in total. The Morgan fingerprint density at radius 1 is 1.41 bits per heavy atom. The van der Waals surface area contributed by atoms with Crippen LogP contribution in [0.4, 0.5) is 5.69 Å². The SMILES string of the molecule is Cc1nc(CN)sc1C(=O)Nc1ccccc1. The second kappa shape index (κ2) is 5.07. The van der Waals surface area contributed by atoms with E-state index in [0.29, 0.717) is 11.4 Å².